The van der Waals surface area contributed by atoms with Crippen molar-refractivity contribution in [1.29, 1.82) is 0 Å². The third-order valence-electron chi connectivity index (χ3n) is 7.48. The normalized spacial score (nSPS) is 21.9. The Morgan fingerprint density at radius 2 is 1.72 bits per heavy atom. The van der Waals surface area contributed by atoms with Gasteiger partial charge in [0, 0.05) is 43.2 Å². The molecule has 10 heteroatoms. The van der Waals surface area contributed by atoms with E-state index in [9.17, 15) is 22.0 Å². The van der Waals surface area contributed by atoms with E-state index in [4.69, 9.17) is 4.98 Å². The predicted molar refractivity (Wildman–Crippen MR) is 123 cm³/mol. The van der Waals surface area contributed by atoms with Crippen molar-refractivity contribution >= 4 is 11.3 Å². The van der Waals surface area contributed by atoms with Crippen molar-refractivity contribution in [2.45, 2.75) is 25.4 Å². The minimum atomic E-state index is -4.47. The maximum absolute atomic E-state index is 13.8. The van der Waals surface area contributed by atoms with Gasteiger partial charge in [-0.2, -0.15) is 18.3 Å². The zero-order valence-corrected chi connectivity index (χ0v) is 19.1. The smallest absolute Gasteiger partial charge is 0.371 e. The van der Waals surface area contributed by atoms with E-state index in [0.717, 1.165) is 31.0 Å². The standard InChI is InChI=1S/C26H22F5N5/c27-21-6-5-15(10-22(21)28)19-2-1-9-36-25(19)33-24(34-36)12-20-16-3-4-17(20)14-35(13-16)18-7-8-32-23(11-18)26(29,30)31/h1-2,5-11,16-17,20H,3-4,12-14H2. The molecule has 186 valence electrons. The first-order valence-corrected chi connectivity index (χ1v) is 11.8. The molecule has 1 saturated heterocycles. The Kier molecular flexibility index (Phi) is 5.42. The fourth-order valence-corrected chi connectivity index (χ4v) is 5.79. The van der Waals surface area contributed by atoms with Gasteiger partial charge in [0.05, 0.1) is 0 Å². The molecule has 4 heterocycles. The van der Waals surface area contributed by atoms with Crippen LogP contribution < -0.4 is 4.90 Å². The Bertz CT molecular complexity index is 1420. The van der Waals surface area contributed by atoms with E-state index in [2.05, 4.69) is 10.1 Å². The summed E-state index contributed by atoms with van der Waals surface area (Å²) in [6.45, 7) is 1.35. The van der Waals surface area contributed by atoms with Gasteiger partial charge in [0.15, 0.2) is 23.1 Å². The van der Waals surface area contributed by atoms with Crippen molar-refractivity contribution in [3.05, 3.63) is 78.0 Å². The third kappa shape index (κ3) is 4.08. The highest BCUT2D eigenvalue weighted by Crippen LogP contribution is 2.45. The van der Waals surface area contributed by atoms with Gasteiger partial charge >= 0.3 is 6.18 Å². The first-order chi connectivity index (χ1) is 17.3. The second-order valence-corrected chi connectivity index (χ2v) is 9.61. The number of nitrogens with zero attached hydrogens (tertiary/aromatic N) is 5. The van der Waals surface area contributed by atoms with Crippen molar-refractivity contribution in [3.63, 3.8) is 0 Å². The molecule has 2 atom stereocenters. The lowest BCUT2D eigenvalue weighted by atomic mass is 9.82. The number of aromatic nitrogens is 4. The Morgan fingerprint density at radius 3 is 2.44 bits per heavy atom. The molecule has 2 bridgehead atoms. The van der Waals surface area contributed by atoms with Gasteiger partial charge in [-0.1, -0.05) is 6.07 Å². The van der Waals surface area contributed by atoms with Gasteiger partial charge in [0.1, 0.15) is 5.69 Å². The van der Waals surface area contributed by atoms with Gasteiger partial charge in [-0.15, -0.1) is 0 Å². The van der Waals surface area contributed by atoms with Crippen LogP contribution in [0.5, 0.6) is 0 Å². The van der Waals surface area contributed by atoms with Crippen molar-refractivity contribution in [1.82, 2.24) is 19.6 Å². The number of halogens is 5. The maximum atomic E-state index is 13.8. The second kappa shape index (κ2) is 8.53. The molecule has 1 aromatic carbocycles. The average Bonchev–Trinajstić information content (AvgIpc) is 3.36. The zero-order valence-electron chi connectivity index (χ0n) is 19.1. The van der Waals surface area contributed by atoms with E-state index in [0.29, 0.717) is 65.5 Å². The van der Waals surface area contributed by atoms with Crippen LogP contribution in [0.3, 0.4) is 0 Å². The zero-order chi connectivity index (χ0) is 25.0. The topological polar surface area (TPSA) is 46.3 Å². The molecular formula is C26H22F5N5. The van der Waals surface area contributed by atoms with Gasteiger partial charge in [-0.05, 0) is 72.6 Å². The number of benzene rings is 1. The van der Waals surface area contributed by atoms with Crippen LogP contribution in [-0.2, 0) is 12.6 Å². The van der Waals surface area contributed by atoms with E-state index >= 15 is 0 Å². The molecule has 0 N–H and O–H groups in total. The minimum Gasteiger partial charge on any atom is -0.371 e. The molecule has 3 aromatic heterocycles. The van der Waals surface area contributed by atoms with Crippen LogP contribution in [0.15, 0.2) is 54.9 Å². The van der Waals surface area contributed by atoms with E-state index in [-0.39, 0.29) is 0 Å². The second-order valence-electron chi connectivity index (χ2n) is 9.61. The number of hydrogen-bond acceptors (Lipinski definition) is 4. The molecular weight excluding hydrogens is 477 g/mol. The van der Waals surface area contributed by atoms with Crippen LogP contribution in [0.2, 0.25) is 0 Å². The molecule has 36 heavy (non-hydrogen) atoms. The minimum absolute atomic E-state index is 0.323. The van der Waals surface area contributed by atoms with Crippen LogP contribution >= 0.6 is 0 Å². The summed E-state index contributed by atoms with van der Waals surface area (Å²) >= 11 is 0. The SMILES string of the molecule is Fc1ccc(-c2cccn3nc(CC4C5CCC4CN(c4ccnc(C(F)(F)F)c4)C5)nc23)cc1F. The Morgan fingerprint density at radius 1 is 0.944 bits per heavy atom. The molecule has 2 aliphatic rings. The van der Waals surface area contributed by atoms with E-state index < -0.39 is 23.5 Å². The summed E-state index contributed by atoms with van der Waals surface area (Å²) in [4.78, 5) is 10.3. The molecule has 2 fully saturated rings. The first-order valence-electron chi connectivity index (χ1n) is 11.8. The molecule has 1 aliphatic heterocycles. The quantitative estimate of drug-likeness (QED) is 0.334. The van der Waals surface area contributed by atoms with Crippen molar-refractivity contribution in [3.8, 4) is 11.1 Å². The number of hydrogen-bond donors (Lipinski definition) is 0. The van der Waals surface area contributed by atoms with Crippen LogP contribution in [0.25, 0.3) is 16.8 Å². The van der Waals surface area contributed by atoms with Gasteiger partial charge in [-0.3, -0.25) is 4.98 Å². The molecule has 0 amide bonds. The number of alkyl halides is 3. The highest BCUT2D eigenvalue weighted by atomic mass is 19.4. The summed E-state index contributed by atoms with van der Waals surface area (Å²) in [5.74, 6) is -0.185. The molecule has 1 aliphatic carbocycles. The van der Waals surface area contributed by atoms with Crippen molar-refractivity contribution in [2.24, 2.45) is 17.8 Å². The lowest BCUT2D eigenvalue weighted by Gasteiger charge is -2.39. The Labute approximate surface area is 203 Å². The van der Waals surface area contributed by atoms with E-state index in [1.165, 1.54) is 12.3 Å². The van der Waals surface area contributed by atoms with Gasteiger partial charge in [0.2, 0.25) is 0 Å². The van der Waals surface area contributed by atoms with Gasteiger partial charge in [-0.25, -0.2) is 18.3 Å². The van der Waals surface area contributed by atoms with Gasteiger partial charge < -0.3 is 4.90 Å². The molecule has 0 radical (unpaired) electrons. The monoisotopic (exact) mass is 499 g/mol. The van der Waals surface area contributed by atoms with Crippen LogP contribution in [0, 0.1) is 29.4 Å². The van der Waals surface area contributed by atoms with Crippen molar-refractivity contribution < 1.29 is 22.0 Å². The van der Waals surface area contributed by atoms with Crippen LogP contribution in [0.1, 0.15) is 24.4 Å². The number of fused-ring (bicyclic) bond motifs is 3. The molecule has 4 aromatic rings. The summed E-state index contributed by atoms with van der Waals surface area (Å²) in [6.07, 6.45) is 1.20. The molecule has 6 rings (SSSR count). The summed E-state index contributed by atoms with van der Waals surface area (Å²) < 4.78 is 68.3. The summed E-state index contributed by atoms with van der Waals surface area (Å²) in [6, 6.07) is 10.1. The third-order valence-corrected chi connectivity index (χ3v) is 7.48. The summed E-state index contributed by atoms with van der Waals surface area (Å²) in [5.41, 5.74) is 1.42. The predicted octanol–water partition coefficient (Wildman–Crippen LogP) is 5.79. The van der Waals surface area contributed by atoms with E-state index in [1.807, 2.05) is 4.90 Å². The Hall–Kier alpha value is -3.56. The lowest BCUT2D eigenvalue weighted by molar-refractivity contribution is -0.141. The summed E-state index contributed by atoms with van der Waals surface area (Å²) in [7, 11) is 0. The molecule has 0 spiro atoms. The first kappa shape index (κ1) is 22.9. The number of anilines is 1. The highest BCUT2D eigenvalue weighted by Gasteiger charge is 2.43. The fraction of sp³-hybridized carbons (Fsp3) is 0.346. The van der Waals surface area contributed by atoms with Crippen LogP contribution in [0.4, 0.5) is 27.6 Å². The highest BCUT2D eigenvalue weighted by molar-refractivity contribution is 5.77. The summed E-state index contributed by atoms with van der Waals surface area (Å²) in [5, 5.41) is 4.64. The molecule has 5 nitrogen and oxygen atoms in total. The van der Waals surface area contributed by atoms with Gasteiger partial charge in [0.25, 0.3) is 0 Å². The number of piperidine rings is 1. The fourth-order valence-electron chi connectivity index (χ4n) is 5.79. The largest absolute Gasteiger partial charge is 0.433 e. The van der Waals surface area contributed by atoms with Crippen LogP contribution in [-0.4, -0.2) is 32.7 Å². The average molecular weight is 499 g/mol. The maximum Gasteiger partial charge on any atom is 0.433 e. The van der Waals surface area contributed by atoms with Crippen molar-refractivity contribution in [2.75, 3.05) is 18.0 Å². The number of pyridine rings is 2. The number of rotatable bonds is 4. The van der Waals surface area contributed by atoms with E-state index in [1.54, 1.807) is 28.9 Å². The molecule has 1 saturated carbocycles. The Balaban J connectivity index is 1.23. The lowest BCUT2D eigenvalue weighted by Crippen LogP contribution is -2.43. The molecule has 2 unspecified atom stereocenters.